The summed E-state index contributed by atoms with van der Waals surface area (Å²) in [5, 5.41) is 8.99. The van der Waals surface area contributed by atoms with E-state index in [2.05, 4.69) is 0 Å². The minimum atomic E-state index is -4.56. The molecule has 6 heteroatoms. The minimum absolute atomic E-state index is 0. The molecule has 0 aromatic carbocycles. The maximum atomic E-state index is 12.1. The Labute approximate surface area is 86.0 Å². The molecule has 0 aliphatic carbocycles. The van der Waals surface area contributed by atoms with Crippen LogP contribution in [0.4, 0.5) is 13.2 Å². The van der Waals surface area contributed by atoms with Crippen molar-refractivity contribution >= 4 is 0 Å². The minimum Gasteiger partial charge on any atom is -0.380 e. The van der Waals surface area contributed by atoms with Crippen molar-refractivity contribution in [3.8, 4) is 0 Å². The van der Waals surface area contributed by atoms with E-state index in [9.17, 15) is 13.2 Å². The molecule has 0 amide bonds. The van der Waals surface area contributed by atoms with Crippen LogP contribution in [0.2, 0.25) is 0 Å². The van der Waals surface area contributed by atoms with Crippen molar-refractivity contribution in [2.75, 3.05) is 20.1 Å². The summed E-state index contributed by atoms with van der Waals surface area (Å²) in [6.45, 7) is 2.59. The number of hydrogen-bond acceptors (Lipinski definition) is 2. The Morgan fingerprint density at radius 3 is 1.92 bits per heavy atom. The van der Waals surface area contributed by atoms with Gasteiger partial charge in [0.15, 0.2) is 5.60 Å². The zero-order valence-corrected chi connectivity index (χ0v) is 8.75. The predicted molar refractivity (Wildman–Crippen MR) is 39.8 cm³/mol. The van der Waals surface area contributed by atoms with Gasteiger partial charge in [-0.2, -0.15) is 13.2 Å². The monoisotopic (exact) mass is 243 g/mol. The van der Waals surface area contributed by atoms with Gasteiger partial charge in [-0.25, -0.2) is 0 Å². The summed E-state index contributed by atoms with van der Waals surface area (Å²) in [5.41, 5.74) is -2.61. The molecule has 0 bridgehead atoms. The first kappa shape index (κ1) is 15.7. The maximum absolute atomic E-state index is 12.1. The second kappa shape index (κ2) is 5.18. The summed E-state index contributed by atoms with van der Waals surface area (Å²) in [5.74, 6) is 0. The van der Waals surface area contributed by atoms with Crippen LogP contribution < -0.4 is 0 Å². The summed E-state index contributed by atoms with van der Waals surface area (Å²) < 4.78 is 36.2. The van der Waals surface area contributed by atoms with Crippen LogP contribution in [0.5, 0.6) is 0 Å². The van der Waals surface area contributed by atoms with E-state index in [1.54, 1.807) is 6.92 Å². The van der Waals surface area contributed by atoms with E-state index in [0.717, 1.165) is 6.92 Å². The fourth-order valence-corrected chi connectivity index (χ4v) is 0.727. The van der Waals surface area contributed by atoms with Crippen molar-refractivity contribution in [1.29, 1.82) is 0 Å². The van der Waals surface area contributed by atoms with Crippen molar-refractivity contribution in [3.63, 3.8) is 0 Å². The van der Waals surface area contributed by atoms with E-state index in [4.69, 9.17) is 5.11 Å². The number of hydrogen-bond donors (Lipinski definition) is 1. The van der Waals surface area contributed by atoms with E-state index >= 15 is 0 Å². The Hall–Kier alpha value is 0.204. The molecule has 0 fully saturated rings. The van der Waals surface area contributed by atoms with Crippen LogP contribution in [-0.4, -0.2) is 41.9 Å². The zero-order valence-electron chi connectivity index (χ0n) is 7.76. The molecule has 1 unspecified atom stereocenters. The molecule has 0 aromatic heterocycles. The smallest absolute Gasteiger partial charge is 0.380 e. The van der Waals surface area contributed by atoms with Crippen molar-refractivity contribution in [1.82, 2.24) is 4.90 Å². The standard InChI is InChI=1S/C7H14F3NO.Ni/c1-4-11(3)5-6(2,12)7(8,9)10;/h12H,4-5H2,1-3H3;. The van der Waals surface area contributed by atoms with E-state index < -0.39 is 18.3 Å². The van der Waals surface area contributed by atoms with Crippen LogP contribution >= 0.6 is 0 Å². The third kappa shape index (κ3) is 4.84. The molecule has 0 saturated heterocycles. The molecule has 0 heterocycles. The number of nitrogens with zero attached hydrogens (tertiary/aromatic N) is 1. The molecule has 0 aliphatic rings. The molecule has 2 nitrogen and oxygen atoms in total. The van der Waals surface area contributed by atoms with Gasteiger partial charge in [-0.1, -0.05) is 6.92 Å². The summed E-state index contributed by atoms with van der Waals surface area (Å²) in [6.07, 6.45) is -4.56. The van der Waals surface area contributed by atoms with Gasteiger partial charge in [0.25, 0.3) is 0 Å². The molecular weight excluding hydrogens is 230 g/mol. The molecule has 13 heavy (non-hydrogen) atoms. The van der Waals surface area contributed by atoms with Crippen molar-refractivity contribution in [3.05, 3.63) is 0 Å². The van der Waals surface area contributed by atoms with Gasteiger partial charge in [-0.15, -0.1) is 0 Å². The normalized spacial score (nSPS) is 16.6. The molecule has 84 valence electrons. The van der Waals surface area contributed by atoms with Crippen molar-refractivity contribution in [2.24, 2.45) is 0 Å². The summed E-state index contributed by atoms with van der Waals surface area (Å²) >= 11 is 0. The van der Waals surface area contributed by atoms with Gasteiger partial charge in [0, 0.05) is 23.0 Å². The fourth-order valence-electron chi connectivity index (χ4n) is 0.727. The summed E-state index contributed by atoms with van der Waals surface area (Å²) in [6, 6.07) is 0. The van der Waals surface area contributed by atoms with E-state index in [-0.39, 0.29) is 16.5 Å². The Bertz CT molecular complexity index is 149. The quantitative estimate of drug-likeness (QED) is 0.755. The van der Waals surface area contributed by atoms with E-state index in [0.29, 0.717) is 6.54 Å². The molecule has 0 aliphatic heterocycles. The SMILES string of the molecule is CCN(C)CC(C)(O)C(F)(F)F.[Ni]. The number of likely N-dealkylation sites (N-methyl/N-ethyl adjacent to an activating group) is 1. The fraction of sp³-hybridized carbons (Fsp3) is 1.00. The van der Waals surface area contributed by atoms with Gasteiger partial charge >= 0.3 is 6.18 Å². The first-order valence-corrected chi connectivity index (χ1v) is 3.68. The van der Waals surface area contributed by atoms with Gasteiger partial charge in [0.05, 0.1) is 0 Å². The Kier molecular flexibility index (Phi) is 6.24. The van der Waals surface area contributed by atoms with Gasteiger partial charge in [-0.3, -0.25) is 0 Å². The van der Waals surface area contributed by atoms with Gasteiger partial charge in [-0.05, 0) is 20.5 Å². The second-order valence-electron chi connectivity index (χ2n) is 3.10. The number of rotatable bonds is 3. The summed E-state index contributed by atoms with van der Waals surface area (Å²) in [4.78, 5) is 1.41. The van der Waals surface area contributed by atoms with Gasteiger partial charge < -0.3 is 10.0 Å². The molecular formula is C7H14F3NNiO. The Morgan fingerprint density at radius 2 is 1.69 bits per heavy atom. The topological polar surface area (TPSA) is 23.5 Å². The van der Waals surface area contributed by atoms with Crippen LogP contribution in [0.1, 0.15) is 13.8 Å². The molecule has 1 atom stereocenters. The van der Waals surface area contributed by atoms with Crippen LogP contribution in [-0.2, 0) is 16.5 Å². The number of aliphatic hydroxyl groups is 1. The van der Waals surface area contributed by atoms with E-state index in [1.165, 1.54) is 11.9 Å². The molecule has 1 N–H and O–H groups in total. The largest absolute Gasteiger partial charge is 0.418 e. The average Bonchev–Trinajstić information content (AvgIpc) is 1.84. The second-order valence-corrected chi connectivity index (χ2v) is 3.10. The maximum Gasteiger partial charge on any atom is 0.418 e. The molecule has 0 rings (SSSR count). The van der Waals surface area contributed by atoms with Gasteiger partial charge in [0.1, 0.15) is 0 Å². The molecule has 0 radical (unpaired) electrons. The first-order chi connectivity index (χ1) is 5.20. The Balaban J connectivity index is 0. The third-order valence-corrected chi connectivity index (χ3v) is 1.73. The molecule has 0 aromatic rings. The first-order valence-electron chi connectivity index (χ1n) is 3.68. The predicted octanol–water partition coefficient (Wildman–Crippen LogP) is 1.25. The van der Waals surface area contributed by atoms with Crippen LogP contribution in [0.3, 0.4) is 0 Å². The van der Waals surface area contributed by atoms with E-state index in [1.807, 2.05) is 0 Å². The Morgan fingerprint density at radius 1 is 1.31 bits per heavy atom. The number of alkyl halides is 3. The number of halogens is 3. The van der Waals surface area contributed by atoms with Crippen LogP contribution in [0, 0.1) is 0 Å². The zero-order chi connectivity index (χ0) is 9.99. The van der Waals surface area contributed by atoms with Crippen molar-refractivity contribution in [2.45, 2.75) is 25.6 Å². The third-order valence-electron chi connectivity index (χ3n) is 1.73. The van der Waals surface area contributed by atoms with Crippen molar-refractivity contribution < 1.29 is 34.8 Å². The average molecular weight is 244 g/mol. The van der Waals surface area contributed by atoms with Crippen LogP contribution in [0.15, 0.2) is 0 Å². The van der Waals surface area contributed by atoms with Gasteiger partial charge in [0.2, 0.25) is 0 Å². The molecule has 0 spiro atoms. The molecule has 0 saturated carbocycles. The van der Waals surface area contributed by atoms with Crippen LogP contribution in [0.25, 0.3) is 0 Å². The summed E-state index contributed by atoms with van der Waals surface area (Å²) in [7, 11) is 1.53.